The van der Waals surface area contributed by atoms with Crippen molar-refractivity contribution < 1.29 is 9.90 Å². The zero-order chi connectivity index (χ0) is 4.28. The predicted octanol–water partition coefficient (Wildman–Crippen LogP) is -0.927. The first-order chi connectivity index (χ1) is 2.27. The maximum atomic E-state index is 9.25. The summed E-state index contributed by atoms with van der Waals surface area (Å²) >= 11 is 0. The van der Waals surface area contributed by atoms with Crippen LogP contribution in [0.25, 0.3) is 0 Å². The van der Waals surface area contributed by atoms with Gasteiger partial charge in [-0.25, -0.2) is 4.79 Å². The van der Waals surface area contributed by atoms with Crippen molar-refractivity contribution in [2.75, 3.05) is 0 Å². The SMILES string of the molecule is C=CC(=O)O.[BiH3]. The van der Waals surface area contributed by atoms with Gasteiger partial charge >= 0.3 is 32.2 Å². The first-order valence-electron chi connectivity index (χ1n) is 1.12. The molecule has 0 unspecified atom stereocenters. The van der Waals surface area contributed by atoms with Gasteiger partial charge in [-0.1, -0.05) is 6.58 Å². The molecule has 0 fully saturated rings. The quantitative estimate of drug-likeness (QED) is 0.499. The Kier molecular flexibility index (Phi) is 8.01. The third-order valence-electron chi connectivity index (χ3n) is 0.175. The van der Waals surface area contributed by atoms with Crippen molar-refractivity contribution in [1.29, 1.82) is 0 Å². The van der Waals surface area contributed by atoms with E-state index in [0.717, 1.165) is 6.08 Å². The van der Waals surface area contributed by atoms with Gasteiger partial charge in [-0.2, -0.15) is 0 Å². The number of rotatable bonds is 1. The molecule has 0 atom stereocenters. The van der Waals surface area contributed by atoms with E-state index in [1.54, 1.807) is 0 Å². The average molecular weight is 284 g/mol. The minimum atomic E-state index is -0.981. The molecule has 0 aliphatic carbocycles. The number of carboxylic acids is 1. The van der Waals surface area contributed by atoms with Gasteiger partial charge in [0.25, 0.3) is 0 Å². The molecule has 36 valence electrons. The van der Waals surface area contributed by atoms with Crippen molar-refractivity contribution in [1.82, 2.24) is 0 Å². The summed E-state index contributed by atoms with van der Waals surface area (Å²) < 4.78 is 0. The van der Waals surface area contributed by atoms with Crippen LogP contribution < -0.4 is 0 Å². The van der Waals surface area contributed by atoms with Gasteiger partial charge in [0.2, 0.25) is 0 Å². The zero-order valence-electron chi connectivity index (χ0n) is 3.35. The van der Waals surface area contributed by atoms with Crippen LogP contribution in [0.1, 0.15) is 0 Å². The summed E-state index contributed by atoms with van der Waals surface area (Å²) in [6, 6.07) is 0. The molecule has 0 rings (SSSR count). The third-order valence-corrected chi connectivity index (χ3v) is 0.175. The molecule has 0 saturated carbocycles. The van der Waals surface area contributed by atoms with E-state index >= 15 is 0 Å². The van der Waals surface area contributed by atoms with Crippen LogP contribution in [-0.4, -0.2) is 37.3 Å². The Balaban J connectivity index is 0. The van der Waals surface area contributed by atoms with Gasteiger partial charge < -0.3 is 5.11 Å². The third kappa shape index (κ3) is 8.94. The van der Waals surface area contributed by atoms with Crippen LogP contribution in [0.3, 0.4) is 0 Å². The Morgan fingerprint density at radius 2 is 2.00 bits per heavy atom. The van der Waals surface area contributed by atoms with Crippen LogP contribution in [0.4, 0.5) is 0 Å². The van der Waals surface area contributed by atoms with Gasteiger partial charge in [-0.3, -0.25) is 0 Å². The zero-order valence-corrected chi connectivity index (χ0v) is 8.84. The molecule has 1 N–H and O–H groups in total. The number of hydrogen-bond acceptors (Lipinski definition) is 1. The number of hydrogen-bond donors (Lipinski definition) is 1. The fraction of sp³-hybridized carbons (Fsp3) is 0. The van der Waals surface area contributed by atoms with E-state index in [0.29, 0.717) is 0 Å². The van der Waals surface area contributed by atoms with Crippen molar-refractivity contribution in [3.8, 4) is 0 Å². The van der Waals surface area contributed by atoms with Crippen molar-refractivity contribution >= 4 is 32.2 Å². The summed E-state index contributed by atoms with van der Waals surface area (Å²) in [5.74, 6) is -0.981. The molecule has 6 heavy (non-hydrogen) atoms. The van der Waals surface area contributed by atoms with Gasteiger partial charge in [0.1, 0.15) is 0 Å². The van der Waals surface area contributed by atoms with E-state index < -0.39 is 5.97 Å². The van der Waals surface area contributed by atoms with E-state index in [1.807, 2.05) is 0 Å². The molecule has 0 saturated heterocycles. The summed E-state index contributed by atoms with van der Waals surface area (Å²) in [5, 5.41) is 7.60. The van der Waals surface area contributed by atoms with Gasteiger partial charge in [-0.05, 0) is 0 Å². The topological polar surface area (TPSA) is 37.3 Å². The van der Waals surface area contributed by atoms with Crippen LogP contribution in [-0.2, 0) is 4.79 Å². The first-order valence-corrected chi connectivity index (χ1v) is 1.12. The van der Waals surface area contributed by atoms with E-state index in [-0.39, 0.29) is 26.2 Å². The van der Waals surface area contributed by atoms with Crippen molar-refractivity contribution in [2.45, 2.75) is 0 Å². The maximum absolute atomic E-state index is 9.25. The van der Waals surface area contributed by atoms with Gasteiger partial charge in [-0.15, -0.1) is 0 Å². The second-order valence-electron chi connectivity index (χ2n) is 0.542. The van der Waals surface area contributed by atoms with Crippen molar-refractivity contribution in [3.63, 3.8) is 0 Å². The molecule has 0 bridgehead atoms. The van der Waals surface area contributed by atoms with Crippen LogP contribution >= 0.6 is 0 Å². The Morgan fingerprint density at radius 1 is 1.83 bits per heavy atom. The molecule has 0 radical (unpaired) electrons. The fourth-order valence-corrected chi connectivity index (χ4v) is 0. The number of aliphatic carboxylic acids is 1. The molecule has 0 aromatic heterocycles. The molecular weight excluding hydrogens is 277 g/mol. The molecule has 3 heteroatoms. The van der Waals surface area contributed by atoms with Crippen LogP contribution in [0.2, 0.25) is 0 Å². The summed E-state index contributed by atoms with van der Waals surface area (Å²) in [6.07, 6.45) is 0.833. The minimum absolute atomic E-state index is 0. The van der Waals surface area contributed by atoms with E-state index in [4.69, 9.17) is 5.11 Å². The molecule has 0 spiro atoms. The molecule has 0 aliphatic heterocycles. The summed E-state index contributed by atoms with van der Waals surface area (Å²) in [7, 11) is 0. The molecule has 2 nitrogen and oxygen atoms in total. The Morgan fingerprint density at radius 3 is 2.00 bits per heavy atom. The Labute approximate surface area is 55.0 Å². The normalized spacial score (nSPS) is 5.33. The average Bonchev–Trinajstić information content (AvgIpc) is 1.38. The molecule has 0 aliphatic rings. The summed E-state index contributed by atoms with van der Waals surface area (Å²) in [5.41, 5.74) is 0. The Hall–Kier alpha value is 0.0931. The summed E-state index contributed by atoms with van der Waals surface area (Å²) in [4.78, 5) is 9.25. The van der Waals surface area contributed by atoms with Crippen LogP contribution in [0.15, 0.2) is 12.7 Å². The fourth-order valence-electron chi connectivity index (χ4n) is 0. The Bertz CT molecular complexity index is 59.8. The molecular formula is C3H7BiO2. The number of carboxylic acid groups (broad SMARTS) is 1. The standard InChI is InChI=1S/C3H4O2.Bi.3H/c1-2-3(4)5;;;;/h2H,1H2,(H,4,5);;;;. The number of carbonyl (C=O) groups is 1. The van der Waals surface area contributed by atoms with Gasteiger partial charge in [0, 0.05) is 6.08 Å². The van der Waals surface area contributed by atoms with E-state index in [2.05, 4.69) is 6.58 Å². The van der Waals surface area contributed by atoms with Gasteiger partial charge in [0.05, 0.1) is 0 Å². The van der Waals surface area contributed by atoms with Gasteiger partial charge in [0.15, 0.2) is 0 Å². The van der Waals surface area contributed by atoms with E-state index in [1.165, 1.54) is 0 Å². The molecule has 0 amide bonds. The summed E-state index contributed by atoms with van der Waals surface area (Å²) in [6.45, 7) is 2.96. The van der Waals surface area contributed by atoms with Crippen molar-refractivity contribution in [3.05, 3.63) is 12.7 Å². The monoisotopic (exact) mass is 284 g/mol. The molecule has 0 aromatic rings. The first kappa shape index (κ1) is 9.43. The van der Waals surface area contributed by atoms with E-state index in [9.17, 15) is 4.79 Å². The second kappa shape index (κ2) is 5.09. The second-order valence-corrected chi connectivity index (χ2v) is 0.542. The molecule has 0 heterocycles. The van der Waals surface area contributed by atoms with Crippen LogP contribution in [0, 0.1) is 0 Å². The van der Waals surface area contributed by atoms with Crippen LogP contribution in [0.5, 0.6) is 0 Å². The van der Waals surface area contributed by atoms with Crippen molar-refractivity contribution in [2.24, 2.45) is 0 Å². The molecule has 0 aromatic carbocycles. The predicted molar refractivity (Wildman–Crippen MR) is 27.8 cm³/mol.